The zero-order chi connectivity index (χ0) is 19.6. The van der Waals surface area contributed by atoms with E-state index in [1.165, 1.54) is 18.2 Å². The highest BCUT2D eigenvalue weighted by atomic mass is 16.3. The molecule has 1 heterocycles. The van der Waals surface area contributed by atoms with Crippen molar-refractivity contribution in [2.45, 2.75) is 20.8 Å². The molecule has 0 amide bonds. The average Bonchev–Trinajstić information content (AvgIpc) is 2.67. The van der Waals surface area contributed by atoms with Gasteiger partial charge in [-0.05, 0) is 48.4 Å². The highest BCUT2D eigenvalue weighted by molar-refractivity contribution is 6.03. The first kappa shape index (κ1) is 18.4. The number of phenolic OH excluding ortho intramolecular Hbond substituents is 1. The number of carbonyl (C=O) groups is 1. The zero-order valence-corrected chi connectivity index (χ0v) is 15.4. The first-order chi connectivity index (χ1) is 13.1. The molecule has 136 valence electrons. The van der Waals surface area contributed by atoms with Crippen LogP contribution in [0.25, 0.3) is 33.4 Å². The van der Waals surface area contributed by atoms with Crippen molar-refractivity contribution < 1.29 is 14.3 Å². The highest BCUT2D eigenvalue weighted by Gasteiger charge is 2.18. The fourth-order valence-electron chi connectivity index (χ4n) is 3.19. The molecule has 2 aromatic carbocycles. The standard InChI is InChI=1S/C21H14O4.C2H6/c1-12-8-13(11-22)2-5-16(12)21-17-6-3-14(23)9-19(17)25-20-10-15(24)4-7-18(20)21;1-2/h2-11,23H,1H3;1-2H3. The summed E-state index contributed by atoms with van der Waals surface area (Å²) in [7, 11) is 0. The fourth-order valence-corrected chi connectivity index (χ4v) is 3.19. The second-order valence-corrected chi connectivity index (χ2v) is 6.01. The van der Waals surface area contributed by atoms with Crippen LogP contribution < -0.4 is 5.43 Å². The third-order valence-corrected chi connectivity index (χ3v) is 4.33. The summed E-state index contributed by atoms with van der Waals surface area (Å²) in [5.41, 5.74) is 4.56. The number of hydrogen-bond donors (Lipinski definition) is 1. The van der Waals surface area contributed by atoms with E-state index >= 15 is 0 Å². The minimum absolute atomic E-state index is 0.0906. The van der Waals surface area contributed by atoms with E-state index in [1.54, 1.807) is 24.3 Å². The van der Waals surface area contributed by atoms with Gasteiger partial charge in [0.2, 0.25) is 0 Å². The number of phenols is 1. The Morgan fingerprint density at radius 2 is 1.67 bits per heavy atom. The normalized spacial score (nSPS) is 10.5. The highest BCUT2D eigenvalue weighted by Crippen LogP contribution is 2.41. The molecule has 0 radical (unpaired) electrons. The molecule has 1 aliphatic carbocycles. The second-order valence-electron chi connectivity index (χ2n) is 6.01. The van der Waals surface area contributed by atoms with Crippen molar-refractivity contribution in [2.24, 2.45) is 0 Å². The van der Waals surface area contributed by atoms with Gasteiger partial charge in [-0.2, -0.15) is 0 Å². The minimum atomic E-state index is -0.144. The van der Waals surface area contributed by atoms with Crippen molar-refractivity contribution in [3.63, 3.8) is 0 Å². The summed E-state index contributed by atoms with van der Waals surface area (Å²) in [4.78, 5) is 22.8. The monoisotopic (exact) mass is 360 g/mol. The molecule has 1 aliphatic heterocycles. The quantitative estimate of drug-likeness (QED) is 0.383. The Hall–Kier alpha value is -3.40. The van der Waals surface area contributed by atoms with Gasteiger partial charge in [-0.25, -0.2) is 0 Å². The Bertz CT molecular complexity index is 1150. The first-order valence-corrected chi connectivity index (χ1v) is 8.82. The molecule has 0 saturated carbocycles. The minimum Gasteiger partial charge on any atom is -0.508 e. The van der Waals surface area contributed by atoms with Crippen LogP contribution in [-0.4, -0.2) is 11.4 Å². The number of aldehydes is 1. The largest absolute Gasteiger partial charge is 0.508 e. The third-order valence-electron chi connectivity index (χ3n) is 4.33. The maximum Gasteiger partial charge on any atom is 0.182 e. The van der Waals surface area contributed by atoms with E-state index in [-0.39, 0.29) is 11.2 Å². The SMILES string of the molecule is CC.Cc1cc(C=O)ccc1-c1c2ccc(=O)cc-2oc2cc(O)ccc12. The lowest BCUT2D eigenvalue weighted by atomic mass is 9.90. The van der Waals surface area contributed by atoms with E-state index in [4.69, 9.17) is 4.42 Å². The Balaban J connectivity index is 0.00000102. The Morgan fingerprint density at radius 3 is 2.37 bits per heavy atom. The van der Waals surface area contributed by atoms with Crippen molar-refractivity contribution in [1.29, 1.82) is 0 Å². The van der Waals surface area contributed by atoms with Gasteiger partial charge in [0.15, 0.2) is 5.43 Å². The molecule has 0 unspecified atom stereocenters. The Labute approximate surface area is 157 Å². The summed E-state index contributed by atoms with van der Waals surface area (Å²) in [6.45, 7) is 5.94. The first-order valence-electron chi connectivity index (χ1n) is 8.82. The summed E-state index contributed by atoms with van der Waals surface area (Å²) in [5.74, 6) is 0.548. The number of aromatic hydroxyl groups is 1. The van der Waals surface area contributed by atoms with Gasteiger partial charge in [0.1, 0.15) is 23.4 Å². The molecule has 4 nitrogen and oxygen atoms in total. The van der Waals surface area contributed by atoms with Gasteiger partial charge in [-0.3, -0.25) is 9.59 Å². The van der Waals surface area contributed by atoms with E-state index in [0.29, 0.717) is 16.9 Å². The molecule has 4 rings (SSSR count). The maximum absolute atomic E-state index is 11.7. The van der Waals surface area contributed by atoms with Crippen LogP contribution in [-0.2, 0) is 0 Å². The van der Waals surface area contributed by atoms with E-state index in [0.717, 1.165) is 33.9 Å². The van der Waals surface area contributed by atoms with Gasteiger partial charge in [0, 0.05) is 34.2 Å². The summed E-state index contributed by atoms with van der Waals surface area (Å²) >= 11 is 0. The molecule has 2 aromatic rings. The van der Waals surface area contributed by atoms with Crippen LogP contribution >= 0.6 is 0 Å². The summed E-state index contributed by atoms with van der Waals surface area (Å²) in [6.07, 6.45) is 0.815. The van der Waals surface area contributed by atoms with Gasteiger partial charge in [-0.1, -0.05) is 26.0 Å². The molecule has 4 heteroatoms. The molecule has 2 aliphatic rings. The Morgan fingerprint density at radius 1 is 0.926 bits per heavy atom. The zero-order valence-electron chi connectivity index (χ0n) is 15.4. The topological polar surface area (TPSA) is 67.5 Å². The van der Waals surface area contributed by atoms with Crippen LogP contribution in [0.3, 0.4) is 0 Å². The lowest BCUT2D eigenvalue weighted by Gasteiger charge is -2.16. The van der Waals surface area contributed by atoms with Crippen molar-refractivity contribution in [3.05, 3.63) is 75.9 Å². The van der Waals surface area contributed by atoms with E-state index < -0.39 is 0 Å². The van der Waals surface area contributed by atoms with Crippen molar-refractivity contribution in [3.8, 4) is 28.2 Å². The van der Waals surface area contributed by atoms with E-state index in [9.17, 15) is 14.7 Å². The van der Waals surface area contributed by atoms with Gasteiger partial charge >= 0.3 is 0 Å². The molecule has 0 fully saturated rings. The molecular formula is C23H20O4. The molecule has 0 bridgehead atoms. The molecule has 0 spiro atoms. The molecule has 1 N–H and O–H groups in total. The number of fused-ring (bicyclic) bond motifs is 2. The van der Waals surface area contributed by atoms with Crippen molar-refractivity contribution in [2.75, 3.05) is 0 Å². The van der Waals surface area contributed by atoms with Crippen LogP contribution in [0.1, 0.15) is 29.8 Å². The molecule has 0 atom stereocenters. The molecule has 0 saturated heterocycles. The van der Waals surface area contributed by atoms with Crippen LogP contribution in [0.5, 0.6) is 5.75 Å². The smallest absolute Gasteiger partial charge is 0.182 e. The number of benzene rings is 3. The molecule has 27 heavy (non-hydrogen) atoms. The van der Waals surface area contributed by atoms with E-state index in [1.807, 2.05) is 32.9 Å². The summed E-state index contributed by atoms with van der Waals surface area (Å²) < 4.78 is 5.84. The molecule has 0 aromatic heterocycles. The van der Waals surface area contributed by atoms with Crippen LogP contribution in [0.2, 0.25) is 0 Å². The number of rotatable bonds is 2. The maximum atomic E-state index is 11.7. The predicted octanol–water partition coefficient (Wildman–Crippen LogP) is 5.42. The van der Waals surface area contributed by atoms with Gasteiger partial charge in [0.25, 0.3) is 0 Å². The number of aryl methyl sites for hydroxylation is 1. The summed E-state index contributed by atoms with van der Waals surface area (Å²) in [5, 5.41) is 10.6. The fraction of sp³-hybridized carbons (Fsp3) is 0.130. The lowest BCUT2D eigenvalue weighted by molar-refractivity contribution is 0.112. The molecular weight excluding hydrogens is 340 g/mol. The van der Waals surface area contributed by atoms with Gasteiger partial charge in [-0.15, -0.1) is 0 Å². The summed E-state index contributed by atoms with van der Waals surface area (Å²) in [6, 6.07) is 15.1. The second kappa shape index (κ2) is 7.46. The van der Waals surface area contributed by atoms with Crippen LogP contribution in [0, 0.1) is 6.92 Å². The number of hydrogen-bond acceptors (Lipinski definition) is 4. The van der Waals surface area contributed by atoms with Crippen LogP contribution in [0.15, 0.2) is 63.8 Å². The van der Waals surface area contributed by atoms with Gasteiger partial charge in [0.05, 0.1) is 0 Å². The van der Waals surface area contributed by atoms with Crippen LogP contribution in [0.4, 0.5) is 0 Å². The third kappa shape index (κ3) is 3.34. The lowest BCUT2D eigenvalue weighted by Crippen LogP contribution is -2.00. The Kier molecular flexibility index (Phi) is 5.08. The van der Waals surface area contributed by atoms with Crippen molar-refractivity contribution in [1.82, 2.24) is 0 Å². The number of carbonyl (C=O) groups excluding carboxylic acids is 1. The van der Waals surface area contributed by atoms with Gasteiger partial charge < -0.3 is 9.52 Å². The van der Waals surface area contributed by atoms with Crippen molar-refractivity contribution >= 4 is 17.3 Å². The van der Waals surface area contributed by atoms with E-state index in [2.05, 4.69) is 0 Å². The predicted molar refractivity (Wildman–Crippen MR) is 108 cm³/mol. The average molecular weight is 360 g/mol.